The predicted octanol–water partition coefficient (Wildman–Crippen LogP) is 2.48. The first kappa shape index (κ1) is 16.7. The van der Waals surface area contributed by atoms with E-state index in [-0.39, 0.29) is 11.4 Å². The summed E-state index contributed by atoms with van der Waals surface area (Å²) in [4.78, 5) is 18.1. The molecule has 1 aliphatic heterocycles. The van der Waals surface area contributed by atoms with Gasteiger partial charge in [-0.15, -0.1) is 0 Å². The van der Waals surface area contributed by atoms with Gasteiger partial charge in [0.05, 0.1) is 11.5 Å². The SMILES string of the molecule is [C-]#[N+]c1ccc(S(=O)(=O)N2CCc3cc(/C=C/C(=O)O)cnc32)cc1. The first-order chi connectivity index (χ1) is 11.9. The zero-order valence-corrected chi connectivity index (χ0v) is 13.8. The third-order valence-corrected chi connectivity index (χ3v) is 5.56. The van der Waals surface area contributed by atoms with E-state index in [0.29, 0.717) is 23.5 Å². The van der Waals surface area contributed by atoms with E-state index in [1.807, 2.05) is 0 Å². The average molecular weight is 355 g/mol. The lowest BCUT2D eigenvalue weighted by molar-refractivity contribution is -0.131. The van der Waals surface area contributed by atoms with Crippen LogP contribution < -0.4 is 4.31 Å². The van der Waals surface area contributed by atoms with E-state index >= 15 is 0 Å². The highest BCUT2D eigenvalue weighted by molar-refractivity contribution is 7.92. The Kier molecular flexibility index (Phi) is 4.25. The quantitative estimate of drug-likeness (QED) is 0.672. The molecule has 1 N–H and O–H groups in total. The Balaban J connectivity index is 1.93. The van der Waals surface area contributed by atoms with Crippen molar-refractivity contribution in [2.45, 2.75) is 11.3 Å². The maximum absolute atomic E-state index is 12.8. The van der Waals surface area contributed by atoms with Gasteiger partial charge >= 0.3 is 5.97 Å². The average Bonchev–Trinajstić information content (AvgIpc) is 3.04. The second-order valence-corrected chi connectivity index (χ2v) is 7.22. The van der Waals surface area contributed by atoms with Crippen LogP contribution in [0.4, 0.5) is 11.5 Å². The Morgan fingerprint density at radius 3 is 2.68 bits per heavy atom. The molecule has 0 aliphatic carbocycles. The van der Waals surface area contributed by atoms with E-state index in [4.69, 9.17) is 11.7 Å². The summed E-state index contributed by atoms with van der Waals surface area (Å²) in [6.07, 6.45) is 4.35. The number of carbonyl (C=O) groups is 1. The van der Waals surface area contributed by atoms with E-state index < -0.39 is 16.0 Å². The van der Waals surface area contributed by atoms with Crippen LogP contribution in [0.1, 0.15) is 11.1 Å². The molecule has 1 aliphatic rings. The third-order valence-electron chi connectivity index (χ3n) is 3.76. The van der Waals surface area contributed by atoms with Crippen molar-refractivity contribution in [2.24, 2.45) is 0 Å². The third kappa shape index (κ3) is 3.22. The first-order valence-corrected chi connectivity index (χ1v) is 8.76. The van der Waals surface area contributed by atoms with Crippen molar-refractivity contribution >= 4 is 33.6 Å². The normalized spacial score (nSPS) is 13.6. The molecule has 0 bridgehead atoms. The molecule has 0 unspecified atom stereocenters. The number of sulfonamides is 1. The Morgan fingerprint density at radius 1 is 1.32 bits per heavy atom. The summed E-state index contributed by atoms with van der Waals surface area (Å²) >= 11 is 0. The predicted molar refractivity (Wildman–Crippen MR) is 91.8 cm³/mol. The number of anilines is 1. The Bertz CT molecular complexity index is 1010. The number of hydrogen-bond donors (Lipinski definition) is 1. The number of carboxylic acids is 1. The lowest BCUT2D eigenvalue weighted by Gasteiger charge is -2.18. The van der Waals surface area contributed by atoms with Crippen molar-refractivity contribution in [3.63, 3.8) is 0 Å². The fourth-order valence-electron chi connectivity index (χ4n) is 2.57. The molecule has 0 fully saturated rings. The lowest BCUT2D eigenvalue weighted by atomic mass is 10.1. The number of carboxylic acid groups (broad SMARTS) is 1. The number of aromatic nitrogens is 1. The minimum absolute atomic E-state index is 0.101. The maximum atomic E-state index is 12.8. The van der Waals surface area contributed by atoms with Crippen LogP contribution >= 0.6 is 0 Å². The van der Waals surface area contributed by atoms with Crippen LogP contribution in [0.3, 0.4) is 0 Å². The highest BCUT2D eigenvalue weighted by atomic mass is 32.2. The Hall–Kier alpha value is -3.18. The monoisotopic (exact) mass is 355 g/mol. The van der Waals surface area contributed by atoms with Gasteiger partial charge < -0.3 is 5.11 Å². The van der Waals surface area contributed by atoms with E-state index in [1.165, 1.54) is 40.8 Å². The molecule has 25 heavy (non-hydrogen) atoms. The standard InChI is InChI=1S/C17H13N3O4S/c1-18-14-3-5-15(6-4-14)25(23,24)20-9-8-13-10-12(2-7-16(21)22)11-19-17(13)20/h2-7,10-11H,8-9H2,(H,21,22)/b7-2+. The van der Waals surface area contributed by atoms with Gasteiger partial charge in [-0.1, -0.05) is 24.3 Å². The van der Waals surface area contributed by atoms with Crippen molar-refractivity contribution in [3.05, 3.63) is 65.1 Å². The molecule has 3 rings (SSSR count). The topological polar surface area (TPSA) is 91.9 Å². The second-order valence-electron chi connectivity index (χ2n) is 5.36. The van der Waals surface area contributed by atoms with Crippen molar-refractivity contribution in [3.8, 4) is 0 Å². The van der Waals surface area contributed by atoms with Gasteiger partial charge in [-0.25, -0.2) is 27.3 Å². The van der Waals surface area contributed by atoms with E-state index in [2.05, 4.69) is 9.83 Å². The van der Waals surface area contributed by atoms with Crippen molar-refractivity contribution in [2.75, 3.05) is 10.8 Å². The molecule has 0 saturated heterocycles. The van der Waals surface area contributed by atoms with Gasteiger partial charge in [0, 0.05) is 18.8 Å². The number of aliphatic carboxylic acids is 1. The molecule has 0 atom stereocenters. The molecule has 7 nitrogen and oxygen atoms in total. The molecule has 126 valence electrons. The van der Waals surface area contributed by atoms with Gasteiger partial charge in [-0.2, -0.15) is 0 Å². The lowest BCUT2D eigenvalue weighted by Crippen LogP contribution is -2.29. The fraction of sp³-hybridized carbons (Fsp3) is 0.118. The van der Waals surface area contributed by atoms with Crippen LogP contribution in [-0.4, -0.2) is 31.0 Å². The molecular formula is C17H13N3O4S. The molecule has 2 aromatic rings. The first-order valence-electron chi connectivity index (χ1n) is 7.32. The fourth-order valence-corrected chi connectivity index (χ4v) is 4.03. The van der Waals surface area contributed by atoms with Crippen molar-refractivity contribution < 1.29 is 18.3 Å². The van der Waals surface area contributed by atoms with Crippen LogP contribution in [0.5, 0.6) is 0 Å². The summed E-state index contributed by atoms with van der Waals surface area (Å²) < 4.78 is 26.9. The number of fused-ring (bicyclic) bond motifs is 1. The minimum atomic E-state index is -3.76. The van der Waals surface area contributed by atoms with E-state index in [0.717, 1.165) is 11.6 Å². The molecule has 0 saturated carbocycles. The molecule has 0 radical (unpaired) electrons. The van der Waals surface area contributed by atoms with Gasteiger partial charge in [0.15, 0.2) is 5.69 Å². The maximum Gasteiger partial charge on any atom is 0.328 e. The zero-order chi connectivity index (χ0) is 18.0. The highest BCUT2D eigenvalue weighted by Crippen LogP contribution is 2.32. The summed E-state index contributed by atoms with van der Waals surface area (Å²) in [5.41, 5.74) is 1.71. The Labute approximate surface area is 144 Å². The molecule has 1 aromatic heterocycles. The molecule has 1 aromatic carbocycles. The van der Waals surface area contributed by atoms with Gasteiger partial charge in [-0.3, -0.25) is 0 Å². The summed E-state index contributed by atoms with van der Waals surface area (Å²) in [5, 5.41) is 8.67. The van der Waals surface area contributed by atoms with Crippen LogP contribution in [0.15, 0.2) is 47.5 Å². The van der Waals surface area contributed by atoms with Crippen molar-refractivity contribution in [1.29, 1.82) is 0 Å². The van der Waals surface area contributed by atoms with Gasteiger partial charge in [0.25, 0.3) is 10.0 Å². The van der Waals surface area contributed by atoms with Crippen molar-refractivity contribution in [1.82, 2.24) is 4.98 Å². The van der Waals surface area contributed by atoms with Crippen LogP contribution in [0.2, 0.25) is 0 Å². The molecule has 8 heteroatoms. The number of pyridine rings is 1. The smallest absolute Gasteiger partial charge is 0.328 e. The van der Waals surface area contributed by atoms with Crippen LogP contribution in [-0.2, 0) is 21.2 Å². The van der Waals surface area contributed by atoms with E-state index in [1.54, 1.807) is 6.07 Å². The Morgan fingerprint density at radius 2 is 2.04 bits per heavy atom. The largest absolute Gasteiger partial charge is 0.478 e. The summed E-state index contributed by atoms with van der Waals surface area (Å²) in [6, 6.07) is 7.48. The molecule has 2 heterocycles. The summed E-state index contributed by atoms with van der Waals surface area (Å²) in [5.74, 6) is -0.714. The van der Waals surface area contributed by atoms with E-state index in [9.17, 15) is 13.2 Å². The molecule has 0 spiro atoms. The number of hydrogen-bond acceptors (Lipinski definition) is 4. The molecular weight excluding hydrogens is 342 g/mol. The highest BCUT2D eigenvalue weighted by Gasteiger charge is 2.32. The number of rotatable bonds is 4. The summed E-state index contributed by atoms with van der Waals surface area (Å²) in [7, 11) is -3.76. The van der Waals surface area contributed by atoms with Crippen LogP contribution in [0, 0.1) is 6.57 Å². The second kappa shape index (κ2) is 6.37. The van der Waals surface area contributed by atoms with Crippen LogP contribution in [0.25, 0.3) is 10.9 Å². The van der Waals surface area contributed by atoms with Gasteiger partial charge in [-0.05, 0) is 29.7 Å². The van der Waals surface area contributed by atoms with Gasteiger partial charge in [0.2, 0.25) is 0 Å². The zero-order valence-electron chi connectivity index (χ0n) is 13.0. The number of nitrogens with zero attached hydrogens (tertiary/aromatic N) is 3. The van der Waals surface area contributed by atoms with Gasteiger partial charge in [0.1, 0.15) is 5.82 Å². The minimum Gasteiger partial charge on any atom is -0.478 e. The molecule has 0 amide bonds. The summed E-state index contributed by atoms with van der Waals surface area (Å²) in [6.45, 7) is 7.19. The number of benzene rings is 1.